The summed E-state index contributed by atoms with van der Waals surface area (Å²) in [5, 5.41) is 33.8. The van der Waals surface area contributed by atoms with Gasteiger partial charge in [-0.05, 0) is 0 Å². The molecule has 0 aromatic carbocycles. The maximum absolute atomic E-state index is 10.3. The van der Waals surface area contributed by atoms with E-state index in [1.807, 2.05) is 0 Å². The fourth-order valence-corrected chi connectivity index (χ4v) is 0.714. The third kappa shape index (κ3) is 11.9. The SMILES string of the molecule is O=C(O)CC(O)(CC(=O)O)C(=O)O.[NaH].[O]=[Ti]=[O]. The van der Waals surface area contributed by atoms with Gasteiger partial charge in [-0.2, -0.15) is 0 Å². The van der Waals surface area contributed by atoms with Crippen LogP contribution in [0.15, 0.2) is 0 Å². The van der Waals surface area contributed by atoms with Crippen molar-refractivity contribution in [1.29, 1.82) is 0 Å². The molecule has 9 nitrogen and oxygen atoms in total. The molecule has 0 aromatic heterocycles. The summed E-state index contributed by atoms with van der Waals surface area (Å²) in [7, 11) is 0. The molecule has 0 heterocycles. The van der Waals surface area contributed by atoms with Crippen molar-refractivity contribution < 1.29 is 60.5 Å². The van der Waals surface area contributed by atoms with Crippen molar-refractivity contribution in [2.45, 2.75) is 18.4 Å². The zero-order chi connectivity index (χ0) is 13.4. The van der Waals surface area contributed by atoms with Crippen LogP contribution < -0.4 is 0 Å². The molecule has 11 heteroatoms. The van der Waals surface area contributed by atoms with Crippen molar-refractivity contribution in [1.82, 2.24) is 0 Å². The molecule has 0 spiro atoms. The van der Waals surface area contributed by atoms with Crippen LogP contribution in [0.25, 0.3) is 0 Å². The number of carbonyl (C=O) groups is 3. The van der Waals surface area contributed by atoms with Crippen LogP contribution in [-0.2, 0) is 40.1 Å². The Kier molecular flexibility index (Phi) is 13.9. The fraction of sp³-hybridized carbons (Fsp3) is 0.500. The van der Waals surface area contributed by atoms with Crippen molar-refractivity contribution >= 4 is 47.5 Å². The van der Waals surface area contributed by atoms with Crippen LogP contribution in [0, 0.1) is 0 Å². The summed E-state index contributed by atoms with van der Waals surface area (Å²) in [6.07, 6.45) is -2.29. The van der Waals surface area contributed by atoms with Crippen molar-refractivity contribution in [3.05, 3.63) is 0 Å². The van der Waals surface area contributed by atoms with Gasteiger partial charge in [-0.3, -0.25) is 9.59 Å². The predicted octanol–water partition coefficient (Wildman–Crippen LogP) is -2.14. The first-order valence-electron chi connectivity index (χ1n) is 3.58. The Hall–Kier alpha value is -0.316. The Morgan fingerprint density at radius 2 is 1.18 bits per heavy atom. The minimum atomic E-state index is -2.74. The first-order chi connectivity index (χ1) is 7.19. The first kappa shape index (κ1) is 21.9. The third-order valence-electron chi connectivity index (χ3n) is 1.29. The van der Waals surface area contributed by atoms with Crippen LogP contribution in [0.2, 0.25) is 0 Å². The van der Waals surface area contributed by atoms with Gasteiger partial charge in [0.15, 0.2) is 5.60 Å². The quantitative estimate of drug-likeness (QED) is 0.414. The third-order valence-corrected chi connectivity index (χ3v) is 1.29. The summed E-state index contributed by atoms with van der Waals surface area (Å²) < 4.78 is 17.0. The fourth-order valence-electron chi connectivity index (χ4n) is 0.714. The molecule has 0 rings (SSSR count). The number of aliphatic carboxylic acids is 3. The van der Waals surface area contributed by atoms with Crippen molar-refractivity contribution in [2.75, 3.05) is 0 Å². The van der Waals surface area contributed by atoms with Gasteiger partial charge in [0.25, 0.3) is 0 Å². The molecule has 4 N–H and O–H groups in total. The number of rotatable bonds is 5. The Balaban J connectivity index is -0.000000440. The number of aliphatic hydroxyl groups is 1. The summed E-state index contributed by atoms with van der Waals surface area (Å²) >= 11 is -2.00. The Morgan fingerprint density at radius 3 is 1.29 bits per heavy atom. The second kappa shape index (κ2) is 10.8. The number of carboxylic acid groups (broad SMARTS) is 3. The van der Waals surface area contributed by atoms with Gasteiger partial charge in [0.2, 0.25) is 0 Å². The van der Waals surface area contributed by atoms with Gasteiger partial charge in [-0.15, -0.1) is 0 Å². The van der Waals surface area contributed by atoms with Gasteiger partial charge in [0.1, 0.15) is 0 Å². The molecule has 0 amide bonds. The second-order valence-corrected chi connectivity index (χ2v) is 2.82. The molecule has 92 valence electrons. The topological polar surface area (TPSA) is 166 Å². The normalized spacial score (nSPS) is 8.76. The van der Waals surface area contributed by atoms with E-state index in [1.165, 1.54) is 0 Å². The van der Waals surface area contributed by atoms with Crippen molar-refractivity contribution in [3.63, 3.8) is 0 Å². The van der Waals surface area contributed by atoms with Gasteiger partial charge in [-0.1, -0.05) is 0 Å². The minimum absolute atomic E-state index is 0. The van der Waals surface area contributed by atoms with Crippen molar-refractivity contribution in [3.8, 4) is 0 Å². The maximum atomic E-state index is 10.3. The van der Waals surface area contributed by atoms with E-state index >= 15 is 0 Å². The monoisotopic (exact) mass is 296 g/mol. The van der Waals surface area contributed by atoms with Crippen LogP contribution in [-0.4, -0.2) is 73.5 Å². The summed E-state index contributed by atoms with van der Waals surface area (Å²) in [6.45, 7) is 0. The van der Waals surface area contributed by atoms with Gasteiger partial charge >= 0.3 is 73.2 Å². The first-order valence-corrected chi connectivity index (χ1v) is 4.85. The van der Waals surface area contributed by atoms with Crippen LogP contribution >= 0.6 is 0 Å². The second-order valence-electron chi connectivity index (χ2n) is 2.56. The molecule has 0 radical (unpaired) electrons. The molecule has 0 aromatic rings. The zero-order valence-electron chi connectivity index (χ0n) is 7.74. The van der Waals surface area contributed by atoms with E-state index in [9.17, 15) is 14.4 Å². The van der Waals surface area contributed by atoms with E-state index in [1.54, 1.807) is 0 Å². The number of hydrogen-bond acceptors (Lipinski definition) is 6. The molecular formula is C6H9NaO9Ti. The molecule has 0 bridgehead atoms. The van der Waals surface area contributed by atoms with Gasteiger partial charge in [0.05, 0.1) is 12.8 Å². The van der Waals surface area contributed by atoms with E-state index in [-0.39, 0.29) is 29.6 Å². The van der Waals surface area contributed by atoms with Crippen LogP contribution in [0.4, 0.5) is 0 Å². The van der Waals surface area contributed by atoms with Gasteiger partial charge < -0.3 is 20.4 Å². The molecule has 0 aliphatic rings. The van der Waals surface area contributed by atoms with E-state index in [2.05, 4.69) is 0 Å². The Bertz CT molecular complexity index is 305. The standard InChI is InChI=1S/C6H8O7.Na.2O.Ti.H/c7-3(8)1-6(13,5(11)12)2-4(9)10;;;;;/h13H,1-2H2,(H,7,8)(H,9,10)(H,11,12);;;;;. The molecule has 0 saturated heterocycles. The molecule has 0 atom stereocenters. The molecule has 0 unspecified atom stereocenters. The number of carboxylic acids is 3. The van der Waals surface area contributed by atoms with Gasteiger partial charge in [0, 0.05) is 0 Å². The summed E-state index contributed by atoms with van der Waals surface area (Å²) in [5.41, 5.74) is -2.74. The zero-order valence-corrected chi connectivity index (χ0v) is 9.31. The van der Waals surface area contributed by atoms with Crippen LogP contribution in [0.3, 0.4) is 0 Å². The summed E-state index contributed by atoms with van der Waals surface area (Å²) in [5.74, 6) is -5.02. The molecular weight excluding hydrogens is 287 g/mol. The summed E-state index contributed by atoms with van der Waals surface area (Å²) in [6, 6.07) is 0. The van der Waals surface area contributed by atoms with E-state index < -0.39 is 55.4 Å². The molecule has 0 saturated carbocycles. The number of hydrogen-bond donors (Lipinski definition) is 4. The average Bonchev–Trinajstić information content (AvgIpc) is 2.01. The predicted molar refractivity (Wildman–Crippen MR) is 45.6 cm³/mol. The Labute approximate surface area is 126 Å². The van der Waals surface area contributed by atoms with E-state index in [4.69, 9.17) is 27.1 Å². The molecule has 0 aliphatic carbocycles. The van der Waals surface area contributed by atoms with Crippen LogP contribution in [0.1, 0.15) is 12.8 Å². The molecule has 17 heavy (non-hydrogen) atoms. The van der Waals surface area contributed by atoms with E-state index in [0.717, 1.165) is 0 Å². The Morgan fingerprint density at radius 1 is 0.941 bits per heavy atom. The summed E-state index contributed by atoms with van der Waals surface area (Å²) in [4.78, 5) is 30.5. The van der Waals surface area contributed by atoms with E-state index in [0.29, 0.717) is 0 Å². The van der Waals surface area contributed by atoms with Gasteiger partial charge in [-0.25, -0.2) is 4.79 Å². The molecule has 0 aliphatic heterocycles. The average molecular weight is 296 g/mol. The molecule has 0 fully saturated rings. The van der Waals surface area contributed by atoms with Crippen molar-refractivity contribution in [2.24, 2.45) is 0 Å². The van der Waals surface area contributed by atoms with Crippen LogP contribution in [0.5, 0.6) is 0 Å².